The topological polar surface area (TPSA) is 26.7 Å². The van der Waals surface area contributed by atoms with Gasteiger partial charge in [-0.05, 0) is 44.0 Å². The van der Waals surface area contributed by atoms with Crippen molar-refractivity contribution in [1.29, 1.82) is 0 Å². The Morgan fingerprint density at radius 3 is 2.58 bits per heavy atom. The molecular formula is C20H28N2OS. The zero-order valence-corrected chi connectivity index (χ0v) is 15.3. The van der Waals surface area contributed by atoms with Crippen LogP contribution in [0.1, 0.15) is 24.1 Å². The Bertz CT molecular complexity index is 605. The molecule has 1 N–H and O–H groups in total. The minimum atomic E-state index is 0.297. The summed E-state index contributed by atoms with van der Waals surface area (Å²) in [4.78, 5) is 7.83. The van der Waals surface area contributed by atoms with Gasteiger partial charge in [-0.15, -0.1) is 11.3 Å². The number of likely N-dealkylation sites (tertiary alicyclic amines) is 1. The number of aliphatic hydroxyl groups excluding tert-OH is 1. The SMILES string of the molecule is CN(CCCO)C1CCN(Cc2ccc(-c3ccccc3)s2)CC1. The van der Waals surface area contributed by atoms with Gasteiger partial charge in [0.15, 0.2) is 0 Å². The van der Waals surface area contributed by atoms with Gasteiger partial charge in [-0.3, -0.25) is 4.90 Å². The fourth-order valence-corrected chi connectivity index (χ4v) is 4.52. The molecule has 1 aromatic carbocycles. The van der Waals surface area contributed by atoms with Gasteiger partial charge < -0.3 is 10.0 Å². The maximum absolute atomic E-state index is 8.97. The molecule has 0 amide bonds. The van der Waals surface area contributed by atoms with E-state index in [4.69, 9.17) is 5.11 Å². The number of aliphatic hydroxyl groups is 1. The molecule has 0 spiro atoms. The van der Waals surface area contributed by atoms with Gasteiger partial charge in [0.2, 0.25) is 0 Å². The molecule has 130 valence electrons. The van der Waals surface area contributed by atoms with Gasteiger partial charge in [0.1, 0.15) is 0 Å². The molecule has 4 heteroatoms. The van der Waals surface area contributed by atoms with Crippen molar-refractivity contribution in [2.45, 2.75) is 31.8 Å². The maximum atomic E-state index is 8.97. The second kappa shape index (κ2) is 8.77. The van der Waals surface area contributed by atoms with Crippen LogP contribution in [-0.2, 0) is 6.54 Å². The Kier molecular flexibility index (Phi) is 6.44. The summed E-state index contributed by atoms with van der Waals surface area (Å²) in [5.41, 5.74) is 1.32. The lowest BCUT2D eigenvalue weighted by Gasteiger charge is -2.36. The number of hydrogen-bond acceptors (Lipinski definition) is 4. The number of hydrogen-bond donors (Lipinski definition) is 1. The highest BCUT2D eigenvalue weighted by atomic mass is 32.1. The van der Waals surface area contributed by atoms with E-state index in [9.17, 15) is 0 Å². The molecule has 0 saturated carbocycles. The van der Waals surface area contributed by atoms with Gasteiger partial charge >= 0.3 is 0 Å². The zero-order valence-electron chi connectivity index (χ0n) is 14.5. The van der Waals surface area contributed by atoms with Crippen LogP contribution in [0, 0.1) is 0 Å². The second-order valence-corrected chi connectivity index (χ2v) is 7.87. The monoisotopic (exact) mass is 344 g/mol. The van der Waals surface area contributed by atoms with Crippen molar-refractivity contribution in [3.8, 4) is 10.4 Å². The van der Waals surface area contributed by atoms with E-state index in [1.807, 2.05) is 11.3 Å². The fourth-order valence-electron chi connectivity index (χ4n) is 3.46. The highest BCUT2D eigenvalue weighted by molar-refractivity contribution is 7.15. The number of thiophene rings is 1. The molecule has 1 aliphatic heterocycles. The number of benzene rings is 1. The molecule has 2 aromatic rings. The lowest BCUT2D eigenvalue weighted by molar-refractivity contribution is 0.118. The van der Waals surface area contributed by atoms with Crippen molar-refractivity contribution in [3.05, 3.63) is 47.3 Å². The van der Waals surface area contributed by atoms with Crippen LogP contribution in [0.25, 0.3) is 10.4 Å². The third-order valence-electron chi connectivity index (χ3n) is 4.95. The molecular weight excluding hydrogens is 316 g/mol. The summed E-state index contributed by atoms with van der Waals surface area (Å²) in [7, 11) is 2.20. The number of nitrogens with zero attached hydrogens (tertiary/aromatic N) is 2. The van der Waals surface area contributed by atoms with E-state index in [0.717, 1.165) is 19.5 Å². The molecule has 2 heterocycles. The highest BCUT2D eigenvalue weighted by Crippen LogP contribution is 2.29. The lowest BCUT2D eigenvalue weighted by Crippen LogP contribution is -2.43. The molecule has 1 fully saturated rings. The zero-order chi connectivity index (χ0) is 16.8. The largest absolute Gasteiger partial charge is 0.396 e. The first-order valence-corrected chi connectivity index (χ1v) is 9.75. The fraction of sp³-hybridized carbons (Fsp3) is 0.500. The van der Waals surface area contributed by atoms with E-state index in [1.54, 1.807) is 0 Å². The predicted molar refractivity (Wildman–Crippen MR) is 102 cm³/mol. The van der Waals surface area contributed by atoms with E-state index in [-0.39, 0.29) is 0 Å². The van der Waals surface area contributed by atoms with Crippen LogP contribution in [-0.4, -0.2) is 54.2 Å². The molecule has 3 rings (SSSR count). The summed E-state index contributed by atoms with van der Waals surface area (Å²) >= 11 is 1.92. The number of piperidine rings is 1. The van der Waals surface area contributed by atoms with Crippen molar-refractivity contribution >= 4 is 11.3 Å². The van der Waals surface area contributed by atoms with Crippen molar-refractivity contribution < 1.29 is 5.11 Å². The van der Waals surface area contributed by atoms with Crippen LogP contribution in [0.15, 0.2) is 42.5 Å². The third-order valence-corrected chi connectivity index (χ3v) is 6.07. The van der Waals surface area contributed by atoms with E-state index in [0.29, 0.717) is 12.6 Å². The predicted octanol–water partition coefficient (Wildman–Crippen LogP) is 3.69. The molecule has 1 saturated heterocycles. The lowest BCUT2D eigenvalue weighted by atomic mass is 10.0. The van der Waals surface area contributed by atoms with E-state index >= 15 is 0 Å². The number of rotatable bonds is 7. The second-order valence-electron chi connectivity index (χ2n) is 6.70. The minimum Gasteiger partial charge on any atom is -0.396 e. The first kappa shape index (κ1) is 17.6. The third kappa shape index (κ3) is 4.67. The first-order valence-electron chi connectivity index (χ1n) is 8.94. The normalized spacial score (nSPS) is 16.8. The first-order chi connectivity index (χ1) is 11.8. The Labute approximate surface area is 149 Å². The van der Waals surface area contributed by atoms with Gasteiger partial charge in [-0.25, -0.2) is 0 Å². The Balaban J connectivity index is 1.49. The van der Waals surface area contributed by atoms with Gasteiger partial charge in [-0.2, -0.15) is 0 Å². The average Bonchev–Trinajstić information content (AvgIpc) is 3.09. The summed E-state index contributed by atoms with van der Waals surface area (Å²) in [6.45, 7) is 4.72. The molecule has 1 aromatic heterocycles. The summed E-state index contributed by atoms with van der Waals surface area (Å²) in [6.07, 6.45) is 3.35. The summed E-state index contributed by atoms with van der Waals surface area (Å²) in [5, 5.41) is 8.97. The van der Waals surface area contributed by atoms with Crippen LogP contribution in [0.2, 0.25) is 0 Å². The molecule has 0 bridgehead atoms. The van der Waals surface area contributed by atoms with Crippen molar-refractivity contribution in [1.82, 2.24) is 9.80 Å². The molecule has 0 atom stereocenters. The van der Waals surface area contributed by atoms with Crippen molar-refractivity contribution in [2.24, 2.45) is 0 Å². The van der Waals surface area contributed by atoms with Gasteiger partial charge in [0.05, 0.1) is 0 Å². The minimum absolute atomic E-state index is 0.297. The van der Waals surface area contributed by atoms with Crippen molar-refractivity contribution in [2.75, 3.05) is 33.3 Å². The molecule has 24 heavy (non-hydrogen) atoms. The van der Waals surface area contributed by atoms with Crippen LogP contribution < -0.4 is 0 Å². The molecule has 0 aliphatic carbocycles. The standard InChI is InChI=1S/C20H28N2OS/c1-21(12-5-15-23)18-10-13-22(14-11-18)16-19-8-9-20(24-19)17-6-3-2-4-7-17/h2-4,6-9,18,23H,5,10-16H2,1H3. The van der Waals surface area contributed by atoms with Crippen molar-refractivity contribution in [3.63, 3.8) is 0 Å². The Hall–Kier alpha value is -1.20. The summed E-state index contributed by atoms with van der Waals surface area (Å²) in [6, 6.07) is 15.9. The maximum Gasteiger partial charge on any atom is 0.0443 e. The van der Waals surface area contributed by atoms with Gasteiger partial charge in [0, 0.05) is 48.6 Å². The summed E-state index contributed by atoms with van der Waals surface area (Å²) in [5.74, 6) is 0. The molecule has 0 radical (unpaired) electrons. The Morgan fingerprint density at radius 1 is 1.12 bits per heavy atom. The van der Waals surface area contributed by atoms with Gasteiger partial charge in [0.25, 0.3) is 0 Å². The van der Waals surface area contributed by atoms with E-state index < -0.39 is 0 Å². The van der Waals surface area contributed by atoms with Crippen LogP contribution >= 0.6 is 11.3 Å². The van der Waals surface area contributed by atoms with Crippen LogP contribution in [0.3, 0.4) is 0 Å². The summed E-state index contributed by atoms with van der Waals surface area (Å²) < 4.78 is 0. The highest BCUT2D eigenvalue weighted by Gasteiger charge is 2.22. The van der Waals surface area contributed by atoms with E-state index in [2.05, 4.69) is 59.3 Å². The molecule has 0 unspecified atom stereocenters. The van der Waals surface area contributed by atoms with Crippen LogP contribution in [0.4, 0.5) is 0 Å². The Morgan fingerprint density at radius 2 is 1.88 bits per heavy atom. The quantitative estimate of drug-likeness (QED) is 0.830. The molecule has 3 nitrogen and oxygen atoms in total. The van der Waals surface area contributed by atoms with E-state index in [1.165, 1.54) is 41.2 Å². The average molecular weight is 345 g/mol. The smallest absolute Gasteiger partial charge is 0.0443 e. The van der Waals surface area contributed by atoms with Crippen LogP contribution in [0.5, 0.6) is 0 Å². The molecule has 1 aliphatic rings. The van der Waals surface area contributed by atoms with Gasteiger partial charge in [-0.1, -0.05) is 30.3 Å².